The highest BCUT2D eigenvalue weighted by Gasteiger charge is 2.23. The number of nitrogens with zero attached hydrogens (tertiary/aromatic N) is 2. The van der Waals surface area contributed by atoms with Crippen molar-refractivity contribution in [3.05, 3.63) is 21.9 Å². The molecule has 2 N–H and O–H groups in total. The molecule has 8 heteroatoms. The minimum absolute atomic E-state index is 0.311. The van der Waals surface area contributed by atoms with Gasteiger partial charge in [0.2, 0.25) is 0 Å². The standard InChI is InChI=1S/C15H15N3O2S3/c1-4-20-14(19)12-10(16)9-11(8-6-5-7(2)22-8)17-15(21-3)18-13(9)23-12/h5-6H,4,16H2,1-3H3. The van der Waals surface area contributed by atoms with Gasteiger partial charge in [-0.05, 0) is 32.2 Å². The lowest BCUT2D eigenvalue weighted by atomic mass is 10.2. The van der Waals surface area contributed by atoms with Crippen molar-refractivity contribution in [1.29, 1.82) is 0 Å². The average Bonchev–Trinajstić information content (AvgIpc) is 3.11. The Hall–Kier alpha value is -1.64. The summed E-state index contributed by atoms with van der Waals surface area (Å²) in [6.07, 6.45) is 1.92. The predicted octanol–water partition coefficient (Wildman–Crippen LogP) is 4.21. The Morgan fingerprint density at radius 2 is 2.13 bits per heavy atom. The van der Waals surface area contributed by atoms with Crippen molar-refractivity contribution in [2.75, 3.05) is 18.6 Å². The van der Waals surface area contributed by atoms with Gasteiger partial charge < -0.3 is 10.5 Å². The lowest BCUT2D eigenvalue weighted by Crippen LogP contribution is -2.04. The van der Waals surface area contributed by atoms with Crippen molar-refractivity contribution in [3.63, 3.8) is 0 Å². The van der Waals surface area contributed by atoms with Crippen molar-refractivity contribution in [3.8, 4) is 10.6 Å². The number of aromatic nitrogens is 2. The number of carbonyl (C=O) groups excluding carboxylic acids is 1. The molecule has 0 saturated heterocycles. The summed E-state index contributed by atoms with van der Waals surface area (Å²) < 4.78 is 5.09. The summed E-state index contributed by atoms with van der Waals surface area (Å²) in [5.74, 6) is -0.410. The lowest BCUT2D eigenvalue weighted by Gasteiger charge is -2.04. The van der Waals surface area contributed by atoms with Crippen LogP contribution in [0.1, 0.15) is 21.5 Å². The number of rotatable bonds is 4. The van der Waals surface area contributed by atoms with Crippen LogP contribution in [0.4, 0.5) is 5.69 Å². The third-order valence-corrected chi connectivity index (χ3v) is 5.82. The van der Waals surface area contributed by atoms with Gasteiger partial charge in [-0.1, -0.05) is 11.8 Å². The second-order valence-corrected chi connectivity index (χ2v) is 7.78. The molecule has 0 saturated carbocycles. The molecule has 0 aromatic carbocycles. The third kappa shape index (κ3) is 2.93. The first-order chi connectivity index (χ1) is 11.0. The zero-order chi connectivity index (χ0) is 16.6. The van der Waals surface area contributed by atoms with Gasteiger partial charge in [-0.2, -0.15) is 0 Å². The van der Waals surface area contributed by atoms with E-state index in [4.69, 9.17) is 10.5 Å². The fraction of sp³-hybridized carbons (Fsp3) is 0.267. The number of nitrogens with two attached hydrogens (primary N) is 1. The molecule has 0 unspecified atom stereocenters. The molecule has 3 aromatic heterocycles. The Balaban J connectivity index is 2.27. The van der Waals surface area contributed by atoms with Crippen LogP contribution in [0.15, 0.2) is 17.3 Å². The molecule has 0 radical (unpaired) electrons. The van der Waals surface area contributed by atoms with Gasteiger partial charge in [0, 0.05) is 4.88 Å². The summed E-state index contributed by atoms with van der Waals surface area (Å²) in [6.45, 7) is 4.13. The zero-order valence-corrected chi connectivity index (χ0v) is 15.3. The summed E-state index contributed by atoms with van der Waals surface area (Å²) in [7, 11) is 0. The van der Waals surface area contributed by atoms with E-state index in [0.717, 1.165) is 16.0 Å². The van der Waals surface area contributed by atoms with E-state index < -0.39 is 5.97 Å². The normalized spacial score (nSPS) is 11.1. The zero-order valence-electron chi connectivity index (χ0n) is 12.9. The highest BCUT2D eigenvalue weighted by atomic mass is 32.2. The minimum atomic E-state index is -0.410. The van der Waals surface area contributed by atoms with E-state index >= 15 is 0 Å². The fourth-order valence-corrected chi connectivity index (χ4v) is 4.46. The van der Waals surface area contributed by atoms with Crippen molar-refractivity contribution in [2.24, 2.45) is 0 Å². The van der Waals surface area contributed by atoms with Crippen molar-refractivity contribution < 1.29 is 9.53 Å². The molecule has 3 heterocycles. The SMILES string of the molecule is CCOC(=O)c1sc2nc(SC)nc(-c3ccc(C)s3)c2c1N. The van der Waals surface area contributed by atoms with E-state index in [1.54, 1.807) is 18.3 Å². The summed E-state index contributed by atoms with van der Waals surface area (Å²) in [5, 5.41) is 1.40. The first kappa shape index (κ1) is 16.2. The molecule has 0 aliphatic heterocycles. The Kier molecular flexibility index (Phi) is 4.56. The molecule has 0 bridgehead atoms. The quantitative estimate of drug-likeness (QED) is 0.424. The van der Waals surface area contributed by atoms with Crippen LogP contribution in [-0.2, 0) is 4.74 Å². The largest absolute Gasteiger partial charge is 0.462 e. The summed E-state index contributed by atoms with van der Waals surface area (Å²) >= 11 is 4.37. The Morgan fingerprint density at radius 3 is 2.74 bits per heavy atom. The molecule has 3 rings (SSSR count). The van der Waals surface area contributed by atoms with Crippen LogP contribution >= 0.6 is 34.4 Å². The van der Waals surface area contributed by atoms with E-state index in [0.29, 0.717) is 27.2 Å². The maximum absolute atomic E-state index is 12.1. The van der Waals surface area contributed by atoms with Crippen molar-refractivity contribution in [1.82, 2.24) is 9.97 Å². The first-order valence-electron chi connectivity index (χ1n) is 6.93. The molecule has 0 aliphatic rings. The van der Waals surface area contributed by atoms with Crippen LogP contribution in [0.5, 0.6) is 0 Å². The van der Waals surface area contributed by atoms with Crippen molar-refractivity contribution >= 4 is 56.3 Å². The van der Waals surface area contributed by atoms with Crippen LogP contribution in [-0.4, -0.2) is 28.8 Å². The van der Waals surface area contributed by atoms with Crippen LogP contribution in [0.3, 0.4) is 0 Å². The number of carbonyl (C=O) groups is 1. The smallest absolute Gasteiger partial charge is 0.350 e. The summed E-state index contributed by atoms with van der Waals surface area (Å²) in [4.78, 5) is 24.5. The molecule has 3 aromatic rings. The number of thioether (sulfide) groups is 1. The minimum Gasteiger partial charge on any atom is -0.462 e. The second kappa shape index (κ2) is 6.46. The van der Waals surface area contributed by atoms with Gasteiger partial charge in [-0.15, -0.1) is 22.7 Å². The van der Waals surface area contributed by atoms with Gasteiger partial charge in [0.1, 0.15) is 9.71 Å². The van der Waals surface area contributed by atoms with E-state index in [1.165, 1.54) is 28.0 Å². The predicted molar refractivity (Wildman–Crippen MR) is 97.6 cm³/mol. The molecular formula is C15H15N3O2S3. The summed E-state index contributed by atoms with van der Waals surface area (Å²) in [5.41, 5.74) is 7.41. The van der Waals surface area contributed by atoms with E-state index in [2.05, 4.69) is 9.97 Å². The van der Waals surface area contributed by atoms with Gasteiger partial charge >= 0.3 is 5.97 Å². The highest BCUT2D eigenvalue weighted by molar-refractivity contribution is 7.98. The number of nitrogen functional groups attached to an aromatic ring is 1. The topological polar surface area (TPSA) is 78.1 Å². The van der Waals surface area contributed by atoms with Crippen LogP contribution < -0.4 is 5.73 Å². The number of thiophene rings is 2. The highest BCUT2D eigenvalue weighted by Crippen LogP contribution is 2.41. The molecule has 0 spiro atoms. The van der Waals surface area contributed by atoms with E-state index in [-0.39, 0.29) is 0 Å². The summed E-state index contributed by atoms with van der Waals surface area (Å²) in [6, 6.07) is 4.06. The van der Waals surface area contributed by atoms with Crippen LogP contribution in [0.2, 0.25) is 0 Å². The van der Waals surface area contributed by atoms with Crippen LogP contribution in [0.25, 0.3) is 20.8 Å². The van der Waals surface area contributed by atoms with Gasteiger partial charge in [-0.3, -0.25) is 0 Å². The van der Waals surface area contributed by atoms with Crippen LogP contribution in [0, 0.1) is 6.92 Å². The molecular weight excluding hydrogens is 350 g/mol. The number of hydrogen-bond donors (Lipinski definition) is 1. The lowest BCUT2D eigenvalue weighted by molar-refractivity contribution is 0.0533. The Morgan fingerprint density at radius 1 is 1.35 bits per heavy atom. The number of hydrogen-bond acceptors (Lipinski definition) is 8. The van der Waals surface area contributed by atoms with Gasteiger partial charge in [-0.25, -0.2) is 14.8 Å². The fourth-order valence-electron chi connectivity index (χ4n) is 2.18. The molecule has 0 amide bonds. The van der Waals surface area contributed by atoms with Gasteiger partial charge in [0.15, 0.2) is 5.16 Å². The molecule has 0 atom stereocenters. The van der Waals surface area contributed by atoms with E-state index in [9.17, 15) is 4.79 Å². The number of anilines is 1. The average molecular weight is 366 g/mol. The van der Waals surface area contributed by atoms with Gasteiger partial charge in [0.25, 0.3) is 0 Å². The first-order valence-corrected chi connectivity index (χ1v) is 9.78. The number of aryl methyl sites for hydroxylation is 1. The second-order valence-electron chi connectivity index (χ2n) is 4.71. The third-order valence-electron chi connectivity index (χ3n) is 3.19. The molecule has 0 aliphatic carbocycles. The Bertz CT molecular complexity index is 886. The molecule has 120 valence electrons. The van der Waals surface area contributed by atoms with Gasteiger partial charge in [0.05, 0.1) is 28.3 Å². The van der Waals surface area contributed by atoms with Crippen molar-refractivity contribution in [2.45, 2.75) is 19.0 Å². The number of ether oxygens (including phenoxy) is 1. The number of fused-ring (bicyclic) bond motifs is 1. The maximum atomic E-state index is 12.1. The molecule has 5 nitrogen and oxygen atoms in total. The Labute approximate surface area is 145 Å². The van der Waals surface area contributed by atoms with E-state index in [1.807, 2.05) is 25.3 Å². The monoisotopic (exact) mass is 365 g/mol. The maximum Gasteiger partial charge on any atom is 0.350 e. The molecule has 0 fully saturated rings. The number of esters is 1. The molecule has 23 heavy (non-hydrogen) atoms.